The molecule has 1 heterocycles. The van der Waals surface area contributed by atoms with Gasteiger partial charge in [-0.3, -0.25) is 14.9 Å². The van der Waals surface area contributed by atoms with Crippen LogP contribution in [0.5, 0.6) is 0 Å². The van der Waals surface area contributed by atoms with Gasteiger partial charge in [-0.05, 0) is 35.9 Å². The Kier molecular flexibility index (Phi) is 6.19. The molecule has 0 saturated heterocycles. The molecule has 0 N–H and O–H groups in total. The molecule has 0 bridgehead atoms. The molecule has 0 unspecified atom stereocenters. The molecule has 1 amide bonds. The normalized spacial score (nSPS) is 10.6. The lowest BCUT2D eigenvalue weighted by molar-refractivity contribution is -0.384. The highest BCUT2D eigenvalue weighted by Gasteiger charge is 2.22. The summed E-state index contributed by atoms with van der Waals surface area (Å²) in [6, 6.07) is 15.2. The number of nitro benzene ring substituents is 1. The number of amides is 1. The number of carbonyl (C=O) groups is 1. The Balaban J connectivity index is 1.91. The zero-order chi connectivity index (χ0) is 21.0. The van der Waals surface area contributed by atoms with Gasteiger partial charge in [0.2, 0.25) is 0 Å². The fourth-order valence-electron chi connectivity index (χ4n) is 2.87. The number of nitro groups is 1. The standard InChI is InChI=1S/C21H20ClN3O4/c1-23(2)16-7-5-15(6-8-16)13-24(14-18-4-3-11-29-18)21(26)19-12-17(25(27)28)9-10-20(19)22/h3-12H,13-14H2,1-2H3. The lowest BCUT2D eigenvalue weighted by Gasteiger charge is -2.23. The van der Waals surface area contributed by atoms with Crippen molar-refractivity contribution in [1.29, 1.82) is 0 Å². The van der Waals surface area contributed by atoms with E-state index in [0.717, 1.165) is 11.3 Å². The fourth-order valence-corrected chi connectivity index (χ4v) is 3.07. The Hall–Kier alpha value is -3.32. The van der Waals surface area contributed by atoms with Gasteiger partial charge < -0.3 is 14.2 Å². The summed E-state index contributed by atoms with van der Waals surface area (Å²) < 4.78 is 5.39. The number of benzene rings is 2. The molecule has 3 aromatic rings. The summed E-state index contributed by atoms with van der Waals surface area (Å²) in [6.45, 7) is 0.506. The van der Waals surface area contributed by atoms with E-state index in [4.69, 9.17) is 16.0 Å². The van der Waals surface area contributed by atoms with Crippen LogP contribution in [-0.2, 0) is 13.1 Å². The summed E-state index contributed by atoms with van der Waals surface area (Å²) in [5.74, 6) is 0.191. The van der Waals surface area contributed by atoms with Gasteiger partial charge in [0.25, 0.3) is 11.6 Å². The lowest BCUT2D eigenvalue weighted by Crippen LogP contribution is -2.30. The largest absolute Gasteiger partial charge is 0.467 e. The van der Waals surface area contributed by atoms with Gasteiger partial charge in [0.05, 0.1) is 28.3 Å². The van der Waals surface area contributed by atoms with E-state index < -0.39 is 10.8 Å². The van der Waals surface area contributed by atoms with Gasteiger partial charge in [0, 0.05) is 38.5 Å². The average molecular weight is 414 g/mol. The summed E-state index contributed by atoms with van der Waals surface area (Å²) in [7, 11) is 3.90. The number of anilines is 1. The van der Waals surface area contributed by atoms with Crippen molar-refractivity contribution in [2.75, 3.05) is 19.0 Å². The van der Waals surface area contributed by atoms with E-state index in [0.29, 0.717) is 12.3 Å². The van der Waals surface area contributed by atoms with Crippen LogP contribution in [0.3, 0.4) is 0 Å². The fraction of sp³-hybridized carbons (Fsp3) is 0.190. The van der Waals surface area contributed by atoms with Crippen molar-refractivity contribution in [2.24, 2.45) is 0 Å². The molecule has 29 heavy (non-hydrogen) atoms. The maximum atomic E-state index is 13.2. The molecule has 0 aliphatic heterocycles. The van der Waals surface area contributed by atoms with Gasteiger partial charge in [-0.25, -0.2) is 0 Å². The predicted octanol–water partition coefficient (Wildman–Crippen LogP) is 4.75. The SMILES string of the molecule is CN(C)c1ccc(CN(Cc2ccco2)C(=O)c2cc([N+](=O)[O-])ccc2Cl)cc1. The highest BCUT2D eigenvalue weighted by Crippen LogP contribution is 2.25. The zero-order valence-electron chi connectivity index (χ0n) is 16.0. The third-order valence-corrected chi connectivity index (χ3v) is 4.76. The van der Waals surface area contributed by atoms with E-state index in [2.05, 4.69) is 0 Å². The molecular formula is C21H20ClN3O4. The quantitative estimate of drug-likeness (QED) is 0.412. The van der Waals surface area contributed by atoms with Crippen molar-refractivity contribution in [1.82, 2.24) is 4.90 Å². The van der Waals surface area contributed by atoms with Crippen molar-refractivity contribution in [3.05, 3.63) is 92.9 Å². The summed E-state index contributed by atoms with van der Waals surface area (Å²) in [5, 5.41) is 11.3. The second-order valence-electron chi connectivity index (χ2n) is 6.72. The van der Waals surface area contributed by atoms with E-state index in [1.54, 1.807) is 17.0 Å². The Labute approximate surface area is 173 Å². The maximum Gasteiger partial charge on any atom is 0.270 e. The number of furan rings is 1. The molecule has 1 aromatic heterocycles. The summed E-state index contributed by atoms with van der Waals surface area (Å²) >= 11 is 6.18. The van der Waals surface area contributed by atoms with E-state index in [-0.39, 0.29) is 22.8 Å². The molecule has 0 aliphatic rings. The summed E-state index contributed by atoms with van der Waals surface area (Å²) in [5.41, 5.74) is 1.85. The van der Waals surface area contributed by atoms with Crippen molar-refractivity contribution < 1.29 is 14.1 Å². The monoisotopic (exact) mass is 413 g/mol. The Morgan fingerprint density at radius 2 is 1.83 bits per heavy atom. The number of halogens is 1. The number of hydrogen-bond donors (Lipinski definition) is 0. The molecule has 0 atom stereocenters. The van der Waals surface area contributed by atoms with E-state index in [1.807, 2.05) is 43.3 Å². The van der Waals surface area contributed by atoms with Crippen LogP contribution in [0, 0.1) is 10.1 Å². The Morgan fingerprint density at radius 1 is 1.10 bits per heavy atom. The van der Waals surface area contributed by atoms with Crippen molar-refractivity contribution in [2.45, 2.75) is 13.1 Å². The molecule has 0 radical (unpaired) electrons. The van der Waals surface area contributed by atoms with E-state index in [9.17, 15) is 14.9 Å². The highest BCUT2D eigenvalue weighted by atomic mass is 35.5. The second-order valence-corrected chi connectivity index (χ2v) is 7.13. The first-order valence-corrected chi connectivity index (χ1v) is 9.25. The molecule has 2 aromatic carbocycles. The van der Waals surface area contributed by atoms with Gasteiger partial charge in [0.1, 0.15) is 5.76 Å². The molecule has 0 aliphatic carbocycles. The van der Waals surface area contributed by atoms with Crippen molar-refractivity contribution >= 4 is 28.9 Å². The smallest absolute Gasteiger partial charge is 0.270 e. The van der Waals surface area contributed by atoms with Gasteiger partial charge >= 0.3 is 0 Å². The minimum atomic E-state index is -0.552. The lowest BCUT2D eigenvalue weighted by atomic mass is 10.1. The van der Waals surface area contributed by atoms with E-state index >= 15 is 0 Å². The topological polar surface area (TPSA) is 79.8 Å². The van der Waals surface area contributed by atoms with Crippen LogP contribution in [0.2, 0.25) is 5.02 Å². The van der Waals surface area contributed by atoms with Crippen LogP contribution in [0.15, 0.2) is 65.3 Å². The van der Waals surface area contributed by atoms with Crippen molar-refractivity contribution in [3.63, 3.8) is 0 Å². The second kappa shape index (κ2) is 8.79. The van der Waals surface area contributed by atoms with E-state index in [1.165, 1.54) is 24.5 Å². The summed E-state index contributed by atoms with van der Waals surface area (Å²) in [6.07, 6.45) is 1.53. The van der Waals surface area contributed by atoms with Crippen LogP contribution in [0.1, 0.15) is 21.7 Å². The molecule has 150 valence electrons. The third-order valence-electron chi connectivity index (χ3n) is 4.43. The maximum absolute atomic E-state index is 13.2. The van der Waals surface area contributed by atoms with Gasteiger partial charge in [-0.15, -0.1) is 0 Å². The summed E-state index contributed by atoms with van der Waals surface area (Å²) in [4.78, 5) is 27.3. The van der Waals surface area contributed by atoms with Crippen LogP contribution in [0.4, 0.5) is 11.4 Å². The van der Waals surface area contributed by atoms with Crippen LogP contribution in [0.25, 0.3) is 0 Å². The first-order valence-electron chi connectivity index (χ1n) is 8.87. The molecule has 0 saturated carbocycles. The minimum Gasteiger partial charge on any atom is -0.467 e. The minimum absolute atomic E-state index is 0.0809. The molecule has 3 rings (SSSR count). The first kappa shape index (κ1) is 20.4. The van der Waals surface area contributed by atoms with Crippen LogP contribution >= 0.6 is 11.6 Å². The van der Waals surface area contributed by atoms with Gasteiger partial charge in [-0.1, -0.05) is 23.7 Å². The molecule has 0 spiro atoms. The van der Waals surface area contributed by atoms with Gasteiger partial charge in [-0.2, -0.15) is 0 Å². The molecule has 8 heteroatoms. The number of rotatable bonds is 7. The Bertz CT molecular complexity index is 1000. The Morgan fingerprint density at radius 3 is 2.41 bits per heavy atom. The first-order chi connectivity index (χ1) is 13.8. The van der Waals surface area contributed by atoms with Crippen molar-refractivity contribution in [3.8, 4) is 0 Å². The molecular weight excluding hydrogens is 394 g/mol. The highest BCUT2D eigenvalue weighted by molar-refractivity contribution is 6.33. The predicted molar refractivity (Wildman–Crippen MR) is 111 cm³/mol. The average Bonchev–Trinajstić information content (AvgIpc) is 3.20. The molecule has 7 nitrogen and oxygen atoms in total. The number of nitrogens with zero attached hydrogens (tertiary/aromatic N) is 3. The molecule has 0 fully saturated rings. The third kappa shape index (κ3) is 4.94. The number of non-ortho nitro benzene ring substituents is 1. The van der Waals surface area contributed by atoms with Gasteiger partial charge in [0.15, 0.2) is 0 Å². The van der Waals surface area contributed by atoms with Crippen LogP contribution < -0.4 is 4.90 Å². The number of hydrogen-bond acceptors (Lipinski definition) is 5. The van der Waals surface area contributed by atoms with Crippen LogP contribution in [-0.4, -0.2) is 29.8 Å². The zero-order valence-corrected chi connectivity index (χ0v) is 16.8. The number of carbonyl (C=O) groups excluding carboxylic acids is 1.